The summed E-state index contributed by atoms with van der Waals surface area (Å²) in [7, 11) is 0. The maximum Gasteiger partial charge on any atom is 0.330 e. The Morgan fingerprint density at radius 1 is 1.08 bits per heavy atom. The third-order valence-electron chi connectivity index (χ3n) is 6.85. The molecule has 8 heteroatoms. The third-order valence-corrected chi connectivity index (χ3v) is 6.85. The highest BCUT2D eigenvalue weighted by Gasteiger charge is 2.28. The summed E-state index contributed by atoms with van der Waals surface area (Å²) in [5, 5.41) is 0.179. The van der Waals surface area contributed by atoms with Gasteiger partial charge in [0.05, 0.1) is 10.9 Å². The summed E-state index contributed by atoms with van der Waals surface area (Å²) in [6.07, 6.45) is 1.43. The fourth-order valence-electron chi connectivity index (χ4n) is 4.62. The molecule has 1 saturated heterocycles. The first-order valence-electron chi connectivity index (χ1n) is 12.8. The molecule has 1 N–H and O–H groups in total. The number of aromatic amines is 1. The zero-order valence-electron chi connectivity index (χ0n) is 22.1. The maximum absolute atomic E-state index is 13.7. The van der Waals surface area contributed by atoms with Gasteiger partial charge in [0.1, 0.15) is 11.9 Å². The van der Waals surface area contributed by atoms with Crippen LogP contribution in [0.25, 0.3) is 11.0 Å². The van der Waals surface area contributed by atoms with E-state index in [1.807, 2.05) is 39.8 Å². The number of hydrogen-bond acceptors (Lipinski definition) is 5. The van der Waals surface area contributed by atoms with Crippen molar-refractivity contribution in [3.63, 3.8) is 0 Å². The summed E-state index contributed by atoms with van der Waals surface area (Å²) in [4.78, 5) is 48.1. The Hall–Kier alpha value is -3.42. The van der Waals surface area contributed by atoms with Crippen LogP contribution in [0.5, 0.6) is 5.75 Å². The van der Waals surface area contributed by atoms with Crippen LogP contribution in [0.15, 0.2) is 33.9 Å². The van der Waals surface area contributed by atoms with Crippen LogP contribution in [-0.4, -0.2) is 44.5 Å². The number of hydrogen-bond donors (Lipinski definition) is 1. The first-order valence-corrected chi connectivity index (χ1v) is 12.8. The Labute approximate surface area is 211 Å². The van der Waals surface area contributed by atoms with Crippen molar-refractivity contribution >= 4 is 16.9 Å². The molecule has 0 radical (unpaired) electrons. The van der Waals surface area contributed by atoms with Crippen molar-refractivity contribution in [3.05, 3.63) is 67.5 Å². The number of aryl methyl sites for hydroxylation is 2. The SMILES string of the molecule is Cc1ccc(OC2CCN(C(=O)c3cc(C(C)C)nc4c3c(=O)[nH]c(=O)n4CC(C)C)CC2)cc1C. The first-order chi connectivity index (χ1) is 17.0. The number of benzene rings is 1. The second-order valence-electron chi connectivity index (χ2n) is 10.6. The van der Waals surface area contributed by atoms with Gasteiger partial charge in [0.15, 0.2) is 5.65 Å². The molecule has 4 rings (SSSR count). The summed E-state index contributed by atoms with van der Waals surface area (Å²) < 4.78 is 7.67. The van der Waals surface area contributed by atoms with Crippen LogP contribution in [0.2, 0.25) is 0 Å². The van der Waals surface area contributed by atoms with E-state index in [1.54, 1.807) is 11.0 Å². The molecule has 0 saturated carbocycles. The molecular formula is C28H36N4O4. The van der Waals surface area contributed by atoms with E-state index in [9.17, 15) is 14.4 Å². The number of amides is 1. The molecular weight excluding hydrogens is 456 g/mol. The van der Waals surface area contributed by atoms with E-state index in [0.717, 1.165) is 5.75 Å². The lowest BCUT2D eigenvalue weighted by Gasteiger charge is -2.32. The number of carbonyl (C=O) groups excluding carboxylic acids is 1. The second kappa shape index (κ2) is 10.3. The number of rotatable bonds is 6. The number of piperidine rings is 1. The third kappa shape index (κ3) is 5.22. The molecule has 1 aromatic carbocycles. The number of fused-ring (bicyclic) bond motifs is 1. The van der Waals surface area contributed by atoms with Gasteiger partial charge in [-0.3, -0.25) is 19.1 Å². The van der Waals surface area contributed by atoms with E-state index in [4.69, 9.17) is 4.74 Å². The van der Waals surface area contributed by atoms with Crippen LogP contribution in [0.4, 0.5) is 0 Å². The molecule has 1 fully saturated rings. The van der Waals surface area contributed by atoms with E-state index in [2.05, 4.69) is 29.9 Å². The largest absolute Gasteiger partial charge is 0.490 e. The molecule has 3 heterocycles. The van der Waals surface area contributed by atoms with Gasteiger partial charge in [-0.2, -0.15) is 0 Å². The van der Waals surface area contributed by atoms with Crippen LogP contribution in [-0.2, 0) is 6.54 Å². The van der Waals surface area contributed by atoms with Gasteiger partial charge in [-0.05, 0) is 55.0 Å². The standard InChI is InChI=1S/C28H36N4O4/c1-16(2)15-32-25-24(26(33)30-28(32)35)22(14-23(29-25)17(3)4)27(34)31-11-9-20(10-12-31)36-21-8-7-18(5)19(6)13-21/h7-8,13-14,16-17,20H,9-12,15H2,1-6H3,(H,30,33,35). The first kappa shape index (κ1) is 25.7. The Balaban J connectivity index is 1.63. The highest BCUT2D eigenvalue weighted by atomic mass is 16.5. The van der Waals surface area contributed by atoms with Gasteiger partial charge >= 0.3 is 5.69 Å². The number of aromatic nitrogens is 3. The Morgan fingerprint density at radius 2 is 1.78 bits per heavy atom. The molecule has 1 aliphatic rings. The van der Waals surface area contributed by atoms with Crippen LogP contribution in [0.1, 0.15) is 73.6 Å². The molecule has 2 aromatic heterocycles. The number of nitrogens with zero attached hydrogens (tertiary/aromatic N) is 3. The van der Waals surface area contributed by atoms with E-state index in [-0.39, 0.29) is 34.9 Å². The smallest absolute Gasteiger partial charge is 0.330 e. The second-order valence-corrected chi connectivity index (χ2v) is 10.6. The lowest BCUT2D eigenvalue weighted by atomic mass is 10.0. The molecule has 192 valence electrons. The molecule has 0 atom stereocenters. The van der Waals surface area contributed by atoms with Gasteiger partial charge in [0.2, 0.25) is 0 Å². The number of H-pyrrole nitrogens is 1. The van der Waals surface area contributed by atoms with E-state index in [0.29, 0.717) is 43.7 Å². The number of ether oxygens (including phenoxy) is 1. The van der Waals surface area contributed by atoms with Crippen molar-refractivity contribution in [2.75, 3.05) is 13.1 Å². The minimum absolute atomic E-state index is 0.0242. The highest BCUT2D eigenvalue weighted by molar-refractivity contribution is 6.05. The van der Waals surface area contributed by atoms with Crippen LogP contribution >= 0.6 is 0 Å². The van der Waals surface area contributed by atoms with Gasteiger partial charge in [-0.1, -0.05) is 33.8 Å². The predicted octanol–water partition coefficient (Wildman–Crippen LogP) is 4.16. The summed E-state index contributed by atoms with van der Waals surface area (Å²) in [5.41, 5.74) is 2.59. The molecule has 0 aliphatic carbocycles. The predicted molar refractivity (Wildman–Crippen MR) is 141 cm³/mol. The van der Waals surface area contributed by atoms with Gasteiger partial charge in [0, 0.05) is 38.2 Å². The Bertz CT molecular complexity index is 1400. The normalized spacial score (nSPS) is 14.7. The van der Waals surface area contributed by atoms with E-state index in [1.165, 1.54) is 15.7 Å². The average molecular weight is 493 g/mol. The van der Waals surface area contributed by atoms with Crippen molar-refractivity contribution in [1.29, 1.82) is 0 Å². The van der Waals surface area contributed by atoms with E-state index >= 15 is 0 Å². The van der Waals surface area contributed by atoms with Gasteiger partial charge < -0.3 is 9.64 Å². The topological polar surface area (TPSA) is 97.3 Å². The molecule has 1 aliphatic heterocycles. The van der Waals surface area contributed by atoms with Crippen molar-refractivity contribution in [3.8, 4) is 5.75 Å². The fraction of sp³-hybridized carbons (Fsp3) is 0.500. The summed E-state index contributed by atoms with van der Waals surface area (Å²) in [6.45, 7) is 13.5. The van der Waals surface area contributed by atoms with Gasteiger partial charge in [-0.25, -0.2) is 9.78 Å². The van der Waals surface area contributed by atoms with Gasteiger partial charge in [0.25, 0.3) is 11.5 Å². The maximum atomic E-state index is 13.7. The lowest BCUT2D eigenvalue weighted by Crippen LogP contribution is -2.42. The quantitative estimate of drug-likeness (QED) is 0.557. The van der Waals surface area contributed by atoms with Crippen LogP contribution in [0, 0.1) is 19.8 Å². The van der Waals surface area contributed by atoms with Crippen LogP contribution < -0.4 is 16.0 Å². The molecule has 1 amide bonds. The minimum Gasteiger partial charge on any atom is -0.490 e. The summed E-state index contributed by atoms with van der Waals surface area (Å²) in [6, 6.07) is 7.80. The van der Waals surface area contributed by atoms with Crippen molar-refractivity contribution < 1.29 is 9.53 Å². The molecule has 8 nitrogen and oxygen atoms in total. The number of carbonyl (C=O) groups is 1. The molecule has 3 aromatic rings. The monoisotopic (exact) mass is 492 g/mol. The molecule has 0 bridgehead atoms. The summed E-state index contributed by atoms with van der Waals surface area (Å²) >= 11 is 0. The summed E-state index contributed by atoms with van der Waals surface area (Å²) in [5.74, 6) is 0.824. The number of pyridine rings is 1. The molecule has 0 unspecified atom stereocenters. The van der Waals surface area contributed by atoms with Crippen LogP contribution in [0.3, 0.4) is 0 Å². The fourth-order valence-corrected chi connectivity index (χ4v) is 4.62. The van der Waals surface area contributed by atoms with Crippen molar-refractivity contribution in [1.82, 2.24) is 19.4 Å². The number of likely N-dealkylation sites (tertiary alicyclic amines) is 1. The zero-order chi connectivity index (χ0) is 26.1. The number of nitrogens with one attached hydrogen (secondary N) is 1. The average Bonchev–Trinajstić information content (AvgIpc) is 2.83. The molecule has 36 heavy (non-hydrogen) atoms. The highest BCUT2D eigenvalue weighted by Crippen LogP contribution is 2.25. The van der Waals surface area contributed by atoms with Crippen molar-refractivity contribution in [2.45, 2.75) is 73.0 Å². The van der Waals surface area contributed by atoms with Gasteiger partial charge in [-0.15, -0.1) is 0 Å². The Kier molecular flexibility index (Phi) is 7.33. The zero-order valence-corrected chi connectivity index (χ0v) is 22.1. The Morgan fingerprint density at radius 3 is 2.39 bits per heavy atom. The minimum atomic E-state index is -0.575. The molecule has 0 spiro atoms. The van der Waals surface area contributed by atoms with E-state index < -0.39 is 11.2 Å². The lowest BCUT2D eigenvalue weighted by molar-refractivity contribution is 0.0597. The van der Waals surface area contributed by atoms with Crippen molar-refractivity contribution in [2.24, 2.45) is 5.92 Å².